The minimum Gasteiger partial charge on any atom is -0.492 e. The van der Waals surface area contributed by atoms with Crippen LogP contribution < -0.4 is 11.3 Å². The van der Waals surface area contributed by atoms with Crippen LogP contribution in [0.5, 0.6) is 5.88 Å². The zero-order chi connectivity index (χ0) is 22.9. The van der Waals surface area contributed by atoms with E-state index in [0.29, 0.717) is 29.4 Å². The summed E-state index contributed by atoms with van der Waals surface area (Å²) in [5, 5.41) is 17.5. The molecule has 3 aromatic heterocycles. The normalized spacial score (nSPS) is 12.6. The lowest BCUT2D eigenvalue weighted by Crippen LogP contribution is -2.37. The van der Waals surface area contributed by atoms with Crippen molar-refractivity contribution in [1.82, 2.24) is 19.3 Å². The van der Waals surface area contributed by atoms with E-state index in [4.69, 9.17) is 27.2 Å². The lowest BCUT2D eigenvalue weighted by Gasteiger charge is -2.26. The molecule has 0 aromatic carbocycles. The quantitative estimate of drug-likeness (QED) is 0.469. The maximum absolute atomic E-state index is 12.7. The van der Waals surface area contributed by atoms with E-state index < -0.39 is 28.9 Å². The number of carboxylic acid groups (broad SMARTS) is 1. The van der Waals surface area contributed by atoms with Crippen molar-refractivity contribution in [3.05, 3.63) is 55.5 Å². The summed E-state index contributed by atoms with van der Waals surface area (Å²) < 4.78 is 1.28. The van der Waals surface area contributed by atoms with Gasteiger partial charge in [0.2, 0.25) is 10.8 Å². The predicted molar refractivity (Wildman–Crippen MR) is 111 cm³/mol. The van der Waals surface area contributed by atoms with E-state index in [1.165, 1.54) is 21.9 Å². The molecule has 0 aliphatic carbocycles. The van der Waals surface area contributed by atoms with Gasteiger partial charge >= 0.3 is 0 Å². The number of hydrogen-bond acceptors (Lipinski definition) is 8. The molecule has 0 atom stereocenters. The van der Waals surface area contributed by atoms with Crippen LogP contribution in [-0.4, -0.2) is 53.8 Å². The minimum atomic E-state index is -1.04. The zero-order valence-electron chi connectivity index (χ0n) is 16.0. The smallest absolute Gasteiger partial charge is 0.300 e. The first-order valence-electron chi connectivity index (χ1n) is 8.76. The molecule has 31 heavy (non-hydrogen) atoms. The summed E-state index contributed by atoms with van der Waals surface area (Å²) in [5.74, 6) is -2.77. The van der Waals surface area contributed by atoms with Crippen molar-refractivity contribution >= 4 is 45.7 Å². The van der Waals surface area contributed by atoms with Gasteiger partial charge in [-0.15, -0.1) is 0 Å². The molecule has 0 radical (unpaired) electrons. The number of nitrogens with two attached hydrogens (primary N) is 1. The fourth-order valence-electron chi connectivity index (χ4n) is 3.03. The van der Waals surface area contributed by atoms with Gasteiger partial charge in [-0.05, 0) is 12.1 Å². The molecule has 3 aromatic rings. The Bertz CT molecular complexity index is 1250. The average molecular weight is 466 g/mol. The number of rotatable bonds is 2. The summed E-state index contributed by atoms with van der Waals surface area (Å²) >= 11 is 6.93. The van der Waals surface area contributed by atoms with Gasteiger partial charge in [-0.3, -0.25) is 23.6 Å². The number of amides is 2. The van der Waals surface area contributed by atoms with Crippen molar-refractivity contribution in [2.24, 2.45) is 5.73 Å². The summed E-state index contributed by atoms with van der Waals surface area (Å²) in [6.07, 6.45) is 1.81. The third-order valence-corrected chi connectivity index (χ3v) is 5.59. The van der Waals surface area contributed by atoms with Gasteiger partial charge in [0.15, 0.2) is 5.56 Å². The molecule has 1 aliphatic heterocycles. The highest BCUT2D eigenvalue weighted by Gasteiger charge is 2.28. The molecule has 0 unspecified atom stereocenters. The Hall–Kier alpha value is -3.51. The zero-order valence-corrected chi connectivity index (χ0v) is 17.6. The largest absolute Gasteiger partial charge is 0.492 e. The third kappa shape index (κ3) is 4.49. The topological polar surface area (TPSA) is 168 Å². The Morgan fingerprint density at radius 3 is 2.55 bits per heavy atom. The number of thiazole rings is 1. The van der Waals surface area contributed by atoms with Gasteiger partial charge in [0.05, 0.1) is 12.1 Å². The Kier molecular flexibility index (Phi) is 6.22. The summed E-state index contributed by atoms with van der Waals surface area (Å²) in [6, 6.07) is 3.14. The maximum atomic E-state index is 12.7. The second-order valence-corrected chi connectivity index (χ2v) is 7.88. The van der Waals surface area contributed by atoms with Crippen LogP contribution in [0.4, 0.5) is 0 Å². The number of primary amides is 1. The van der Waals surface area contributed by atoms with Gasteiger partial charge in [-0.2, -0.15) is 4.98 Å². The summed E-state index contributed by atoms with van der Waals surface area (Å²) in [6.45, 7) is 1.73. The molecule has 13 heteroatoms. The molecule has 0 bridgehead atoms. The van der Waals surface area contributed by atoms with Gasteiger partial charge in [0.1, 0.15) is 5.15 Å². The van der Waals surface area contributed by atoms with Crippen LogP contribution in [0.2, 0.25) is 5.15 Å². The van der Waals surface area contributed by atoms with E-state index in [0.717, 1.165) is 11.8 Å². The van der Waals surface area contributed by atoms with Gasteiger partial charge < -0.3 is 20.8 Å². The predicted octanol–water partition coefficient (Wildman–Crippen LogP) is 0.898. The number of nitrogens with zero attached hydrogens (tertiary/aromatic N) is 4. The average Bonchev–Trinajstić information content (AvgIpc) is 3.04. The molecule has 0 fully saturated rings. The van der Waals surface area contributed by atoms with Crippen LogP contribution in [-0.2, 0) is 17.8 Å². The van der Waals surface area contributed by atoms with E-state index in [1.807, 2.05) is 0 Å². The fourth-order valence-corrected chi connectivity index (χ4v) is 4.31. The number of aromatic nitrogens is 3. The molecule has 0 spiro atoms. The Morgan fingerprint density at radius 2 is 1.97 bits per heavy atom. The van der Waals surface area contributed by atoms with E-state index >= 15 is 0 Å². The maximum Gasteiger partial charge on any atom is 0.300 e. The van der Waals surface area contributed by atoms with Gasteiger partial charge in [-0.25, -0.2) is 4.98 Å². The highest BCUT2D eigenvalue weighted by molar-refractivity contribution is 7.17. The summed E-state index contributed by atoms with van der Waals surface area (Å²) in [7, 11) is 0. The second-order valence-electron chi connectivity index (χ2n) is 6.44. The van der Waals surface area contributed by atoms with Crippen molar-refractivity contribution in [3.63, 3.8) is 0 Å². The Morgan fingerprint density at radius 1 is 1.29 bits per heavy atom. The highest BCUT2D eigenvalue weighted by Crippen LogP contribution is 2.29. The molecular formula is C18H16ClN5O6S. The Labute approximate surface area is 183 Å². The van der Waals surface area contributed by atoms with Crippen LogP contribution >= 0.6 is 22.9 Å². The first kappa shape index (κ1) is 22.2. The summed E-state index contributed by atoms with van der Waals surface area (Å²) in [4.78, 5) is 56.1. The number of carbonyl (C=O) groups is 3. The lowest BCUT2D eigenvalue weighted by molar-refractivity contribution is -0.134. The number of pyridine rings is 1. The minimum absolute atomic E-state index is 0.205. The van der Waals surface area contributed by atoms with Crippen LogP contribution in [0.3, 0.4) is 0 Å². The SMILES string of the molecule is CC(=O)O.NC(=O)c1c(O)nc2sc3c(n2c1=O)CCN(C(=O)c1ccc(Cl)nc1)C3. The third-order valence-electron chi connectivity index (χ3n) is 4.30. The molecule has 2 amide bonds. The number of halogens is 1. The number of aliphatic carboxylic acids is 1. The molecule has 162 valence electrons. The van der Waals surface area contributed by atoms with Gasteiger partial charge in [0, 0.05) is 36.7 Å². The first-order valence-corrected chi connectivity index (χ1v) is 9.96. The first-order chi connectivity index (χ1) is 14.6. The number of aromatic hydroxyl groups is 1. The van der Waals surface area contributed by atoms with E-state index in [9.17, 15) is 19.5 Å². The van der Waals surface area contributed by atoms with Crippen LogP contribution in [0.1, 0.15) is 38.2 Å². The summed E-state index contributed by atoms with van der Waals surface area (Å²) in [5.41, 5.74) is 4.99. The molecular weight excluding hydrogens is 450 g/mol. The van der Waals surface area contributed by atoms with Crippen molar-refractivity contribution in [3.8, 4) is 5.88 Å². The number of carboxylic acids is 1. The van der Waals surface area contributed by atoms with E-state index in [2.05, 4.69) is 9.97 Å². The van der Waals surface area contributed by atoms with Crippen LogP contribution in [0.15, 0.2) is 23.1 Å². The van der Waals surface area contributed by atoms with E-state index in [-0.39, 0.29) is 17.4 Å². The molecule has 4 heterocycles. The highest BCUT2D eigenvalue weighted by atomic mass is 35.5. The van der Waals surface area contributed by atoms with Gasteiger partial charge in [-0.1, -0.05) is 22.9 Å². The van der Waals surface area contributed by atoms with Crippen LogP contribution in [0.25, 0.3) is 4.96 Å². The molecule has 4 rings (SSSR count). The van der Waals surface area contributed by atoms with Crippen molar-refractivity contribution in [2.45, 2.75) is 19.9 Å². The monoisotopic (exact) mass is 465 g/mol. The lowest BCUT2D eigenvalue weighted by atomic mass is 10.1. The van der Waals surface area contributed by atoms with Crippen molar-refractivity contribution in [2.75, 3.05) is 6.54 Å². The molecule has 0 saturated carbocycles. The number of fused-ring (bicyclic) bond motifs is 3. The Balaban J connectivity index is 0.000000628. The van der Waals surface area contributed by atoms with E-state index in [1.54, 1.807) is 17.0 Å². The molecule has 11 nitrogen and oxygen atoms in total. The standard InChI is InChI=1S/C16H12ClN5O4S.C2H4O2/c17-10-2-1-7(5-19-10)14(25)21-4-3-8-9(6-21)27-16-20-13(24)11(12(18)23)15(26)22(8)16;1-2(3)4/h1-2,5,24H,3-4,6H2,(H2,18,23);1H3,(H,3,4). The number of carbonyl (C=O) groups excluding carboxylic acids is 2. The van der Waals surface area contributed by atoms with Gasteiger partial charge in [0.25, 0.3) is 23.3 Å². The number of hydrogen-bond donors (Lipinski definition) is 3. The van der Waals surface area contributed by atoms with Crippen molar-refractivity contribution in [1.29, 1.82) is 0 Å². The fraction of sp³-hybridized carbons (Fsp3) is 0.222. The second kappa shape index (κ2) is 8.70. The molecule has 1 aliphatic rings. The molecule has 0 saturated heterocycles. The van der Waals surface area contributed by atoms with Crippen LogP contribution in [0, 0.1) is 0 Å². The molecule has 4 N–H and O–H groups in total. The van der Waals surface area contributed by atoms with Crippen molar-refractivity contribution < 1.29 is 24.6 Å².